The number of nitrogens with zero attached hydrogens (tertiary/aromatic N) is 3. The minimum absolute atomic E-state index is 0. The maximum atomic E-state index is 11.7. The zero-order valence-electron chi connectivity index (χ0n) is 15.5. The zero-order valence-corrected chi connectivity index (χ0v) is 17.8. The Bertz CT molecular complexity index is 359. The Balaban J connectivity index is 0. The monoisotopic (exact) mass is 438 g/mol. The first-order chi connectivity index (χ1) is 10.4. The van der Waals surface area contributed by atoms with Crippen LogP contribution in [0.25, 0.3) is 0 Å². The molecular formula is C17H35IN4O. The van der Waals surface area contributed by atoms with Crippen molar-refractivity contribution < 1.29 is 4.79 Å². The first kappa shape index (κ1) is 24.5. The van der Waals surface area contributed by atoms with Gasteiger partial charge in [-0.1, -0.05) is 19.4 Å². The molecule has 136 valence electrons. The zero-order chi connectivity index (χ0) is 17.0. The number of likely N-dealkylation sites (N-methyl/N-ethyl adjacent to an activating group) is 1. The standard InChI is InChI=1S/C17H34N4O.HI/c1-7-9-10-11-12-13-21(6)17(19-15(3)8-2)18-14-16(22)20(4)5;/h7,15H,1,8-14H2,2-6H3,(H,18,19);1H. The highest BCUT2D eigenvalue weighted by atomic mass is 127. The lowest BCUT2D eigenvalue weighted by Crippen LogP contribution is -2.44. The molecule has 0 fully saturated rings. The van der Waals surface area contributed by atoms with Crippen molar-refractivity contribution in [2.45, 2.75) is 52.0 Å². The van der Waals surface area contributed by atoms with E-state index in [2.05, 4.69) is 35.6 Å². The van der Waals surface area contributed by atoms with E-state index in [9.17, 15) is 4.79 Å². The molecule has 0 heterocycles. The van der Waals surface area contributed by atoms with Gasteiger partial charge in [0.2, 0.25) is 5.91 Å². The highest BCUT2D eigenvalue weighted by Gasteiger charge is 2.10. The van der Waals surface area contributed by atoms with Crippen LogP contribution < -0.4 is 5.32 Å². The first-order valence-electron chi connectivity index (χ1n) is 8.25. The Morgan fingerprint density at radius 2 is 1.91 bits per heavy atom. The van der Waals surface area contributed by atoms with Gasteiger partial charge in [0.25, 0.3) is 0 Å². The summed E-state index contributed by atoms with van der Waals surface area (Å²) in [5, 5.41) is 3.40. The number of aliphatic imine (C=N–C) groups is 1. The van der Waals surface area contributed by atoms with Crippen LogP contribution >= 0.6 is 24.0 Å². The van der Waals surface area contributed by atoms with E-state index in [0.29, 0.717) is 6.04 Å². The molecule has 6 heteroatoms. The lowest BCUT2D eigenvalue weighted by Gasteiger charge is -2.25. The van der Waals surface area contributed by atoms with E-state index in [0.717, 1.165) is 31.8 Å². The number of hydrogen-bond acceptors (Lipinski definition) is 2. The SMILES string of the molecule is C=CCCCCCN(C)C(=NCC(=O)N(C)C)NC(C)CC.I. The molecule has 0 aliphatic heterocycles. The van der Waals surface area contributed by atoms with Crippen LogP contribution in [0.15, 0.2) is 17.6 Å². The molecular weight excluding hydrogens is 403 g/mol. The van der Waals surface area contributed by atoms with Gasteiger partial charge in [-0.3, -0.25) is 4.79 Å². The van der Waals surface area contributed by atoms with Gasteiger partial charge in [-0.25, -0.2) is 4.99 Å². The molecule has 0 aromatic heterocycles. The molecule has 0 saturated carbocycles. The molecule has 0 aliphatic carbocycles. The minimum Gasteiger partial charge on any atom is -0.354 e. The average molecular weight is 438 g/mol. The summed E-state index contributed by atoms with van der Waals surface area (Å²) in [5.74, 6) is 0.830. The minimum atomic E-state index is 0. The normalized spacial score (nSPS) is 12.1. The Hall–Kier alpha value is -0.790. The van der Waals surface area contributed by atoms with E-state index in [1.54, 1.807) is 19.0 Å². The Labute approximate surface area is 159 Å². The largest absolute Gasteiger partial charge is 0.354 e. The molecule has 0 aromatic rings. The van der Waals surface area contributed by atoms with E-state index in [4.69, 9.17) is 0 Å². The van der Waals surface area contributed by atoms with Gasteiger partial charge in [0.15, 0.2) is 5.96 Å². The number of amides is 1. The summed E-state index contributed by atoms with van der Waals surface area (Å²) in [7, 11) is 5.54. The van der Waals surface area contributed by atoms with Crippen molar-refractivity contribution in [2.75, 3.05) is 34.2 Å². The number of allylic oxidation sites excluding steroid dienone is 1. The van der Waals surface area contributed by atoms with Gasteiger partial charge in [-0.05, 0) is 32.6 Å². The highest BCUT2D eigenvalue weighted by Crippen LogP contribution is 2.02. The Kier molecular flexibility index (Phi) is 15.7. The fraction of sp³-hybridized carbons (Fsp3) is 0.765. The summed E-state index contributed by atoms with van der Waals surface area (Å²) >= 11 is 0. The summed E-state index contributed by atoms with van der Waals surface area (Å²) < 4.78 is 0. The number of carbonyl (C=O) groups is 1. The number of hydrogen-bond donors (Lipinski definition) is 1. The Morgan fingerprint density at radius 3 is 2.43 bits per heavy atom. The average Bonchev–Trinajstić information content (AvgIpc) is 2.49. The third-order valence-corrected chi connectivity index (χ3v) is 3.61. The molecule has 0 rings (SSSR count). The third kappa shape index (κ3) is 12.3. The number of rotatable bonds is 10. The van der Waals surface area contributed by atoms with E-state index in [1.807, 2.05) is 13.1 Å². The van der Waals surface area contributed by atoms with Crippen molar-refractivity contribution in [2.24, 2.45) is 4.99 Å². The smallest absolute Gasteiger partial charge is 0.243 e. The highest BCUT2D eigenvalue weighted by molar-refractivity contribution is 14.0. The molecule has 0 aromatic carbocycles. The van der Waals surface area contributed by atoms with Crippen molar-refractivity contribution in [1.82, 2.24) is 15.1 Å². The van der Waals surface area contributed by atoms with Crippen LogP contribution in [-0.2, 0) is 4.79 Å². The van der Waals surface area contributed by atoms with Crippen molar-refractivity contribution in [3.8, 4) is 0 Å². The summed E-state index contributed by atoms with van der Waals surface area (Å²) in [6, 6.07) is 0.344. The number of halogens is 1. The van der Waals surface area contributed by atoms with Crippen molar-refractivity contribution in [1.29, 1.82) is 0 Å². The van der Waals surface area contributed by atoms with Gasteiger partial charge in [-0.15, -0.1) is 30.6 Å². The van der Waals surface area contributed by atoms with Gasteiger partial charge >= 0.3 is 0 Å². The summed E-state index contributed by atoms with van der Waals surface area (Å²) in [5.41, 5.74) is 0. The number of carbonyl (C=O) groups excluding carboxylic acids is 1. The lowest BCUT2D eigenvalue weighted by atomic mass is 10.2. The molecule has 0 radical (unpaired) electrons. The van der Waals surface area contributed by atoms with Crippen molar-refractivity contribution in [3.63, 3.8) is 0 Å². The van der Waals surface area contributed by atoms with Crippen LogP contribution in [0.1, 0.15) is 46.0 Å². The second kappa shape index (κ2) is 14.8. The fourth-order valence-electron chi connectivity index (χ4n) is 1.80. The number of guanidine groups is 1. The van der Waals surface area contributed by atoms with Gasteiger partial charge in [0.05, 0.1) is 0 Å². The summed E-state index contributed by atoms with van der Waals surface area (Å²) in [4.78, 5) is 19.9. The van der Waals surface area contributed by atoms with Crippen LogP contribution in [0.5, 0.6) is 0 Å². The third-order valence-electron chi connectivity index (χ3n) is 3.61. The molecule has 1 amide bonds. The van der Waals surface area contributed by atoms with E-state index < -0.39 is 0 Å². The molecule has 0 bridgehead atoms. The quantitative estimate of drug-likeness (QED) is 0.188. The molecule has 0 aliphatic rings. The number of unbranched alkanes of at least 4 members (excludes halogenated alkanes) is 3. The Morgan fingerprint density at radius 1 is 1.26 bits per heavy atom. The maximum absolute atomic E-state index is 11.7. The van der Waals surface area contributed by atoms with E-state index in [1.165, 1.54) is 12.8 Å². The summed E-state index contributed by atoms with van der Waals surface area (Å²) in [6.45, 7) is 9.13. The maximum Gasteiger partial charge on any atom is 0.243 e. The van der Waals surface area contributed by atoms with Crippen LogP contribution in [0.4, 0.5) is 0 Å². The topological polar surface area (TPSA) is 47.9 Å². The molecule has 0 saturated heterocycles. The van der Waals surface area contributed by atoms with Gasteiger partial charge in [0, 0.05) is 33.7 Å². The van der Waals surface area contributed by atoms with Crippen LogP contribution in [0, 0.1) is 0 Å². The van der Waals surface area contributed by atoms with Gasteiger partial charge < -0.3 is 15.1 Å². The number of nitrogens with one attached hydrogen (secondary N) is 1. The molecule has 5 nitrogen and oxygen atoms in total. The van der Waals surface area contributed by atoms with Gasteiger partial charge in [0.1, 0.15) is 6.54 Å². The van der Waals surface area contributed by atoms with Crippen molar-refractivity contribution >= 4 is 35.8 Å². The molecule has 1 N–H and O–H groups in total. The predicted octanol–water partition coefficient (Wildman–Crippen LogP) is 3.11. The molecule has 1 unspecified atom stereocenters. The molecule has 1 atom stereocenters. The first-order valence-corrected chi connectivity index (χ1v) is 8.25. The van der Waals surface area contributed by atoms with Gasteiger partial charge in [-0.2, -0.15) is 0 Å². The van der Waals surface area contributed by atoms with Crippen molar-refractivity contribution in [3.05, 3.63) is 12.7 Å². The summed E-state index contributed by atoms with van der Waals surface area (Å²) in [6.07, 6.45) is 7.55. The van der Waals surface area contributed by atoms with Crippen LogP contribution in [0.2, 0.25) is 0 Å². The van der Waals surface area contributed by atoms with E-state index in [-0.39, 0.29) is 36.4 Å². The lowest BCUT2D eigenvalue weighted by molar-refractivity contribution is -0.127. The second-order valence-electron chi connectivity index (χ2n) is 5.94. The molecule has 23 heavy (non-hydrogen) atoms. The predicted molar refractivity (Wildman–Crippen MR) is 111 cm³/mol. The second-order valence-corrected chi connectivity index (χ2v) is 5.94. The molecule has 0 spiro atoms. The van der Waals surface area contributed by atoms with Crippen LogP contribution in [-0.4, -0.2) is 61.9 Å². The van der Waals surface area contributed by atoms with E-state index >= 15 is 0 Å². The fourth-order valence-corrected chi connectivity index (χ4v) is 1.80. The van der Waals surface area contributed by atoms with Crippen LogP contribution in [0.3, 0.4) is 0 Å².